The highest BCUT2D eigenvalue weighted by molar-refractivity contribution is 5.95. The summed E-state index contributed by atoms with van der Waals surface area (Å²) in [4.78, 5) is 39.2. The van der Waals surface area contributed by atoms with Crippen molar-refractivity contribution in [2.45, 2.75) is 19.8 Å². The zero-order chi connectivity index (χ0) is 18.5. The van der Waals surface area contributed by atoms with Gasteiger partial charge in [-0.3, -0.25) is 14.4 Å². The van der Waals surface area contributed by atoms with Gasteiger partial charge in [0, 0.05) is 51.6 Å². The second-order valence-corrected chi connectivity index (χ2v) is 6.50. The van der Waals surface area contributed by atoms with Crippen LogP contribution in [0.4, 0.5) is 5.69 Å². The Morgan fingerprint density at radius 2 is 1.54 bits per heavy atom. The van der Waals surface area contributed by atoms with Crippen molar-refractivity contribution in [1.29, 1.82) is 0 Å². The van der Waals surface area contributed by atoms with Gasteiger partial charge in [-0.2, -0.15) is 0 Å². The largest absolute Gasteiger partial charge is 0.339 e. The first kappa shape index (κ1) is 17.9. The highest BCUT2D eigenvalue weighted by atomic mass is 16.2. The maximum Gasteiger partial charge on any atom is 0.224 e. The SMILES string of the molecule is CC(=O)N1CCN(C(=O)CCC(=O)Nc2ccc3ccccc3c2)CC1. The molecule has 0 unspecified atom stereocenters. The fraction of sp³-hybridized carbons (Fsp3) is 0.350. The highest BCUT2D eigenvalue weighted by Crippen LogP contribution is 2.19. The fourth-order valence-electron chi connectivity index (χ4n) is 3.14. The molecule has 0 aliphatic carbocycles. The molecule has 0 aromatic heterocycles. The predicted octanol–water partition coefficient (Wildman–Crippen LogP) is 2.25. The monoisotopic (exact) mass is 353 g/mol. The molecule has 1 saturated heterocycles. The van der Waals surface area contributed by atoms with Gasteiger partial charge in [-0.1, -0.05) is 30.3 Å². The van der Waals surface area contributed by atoms with E-state index < -0.39 is 0 Å². The molecule has 1 fully saturated rings. The van der Waals surface area contributed by atoms with Gasteiger partial charge in [-0.25, -0.2) is 0 Å². The van der Waals surface area contributed by atoms with E-state index >= 15 is 0 Å². The van der Waals surface area contributed by atoms with Crippen LogP contribution < -0.4 is 5.32 Å². The molecule has 2 aromatic rings. The Labute approximate surface area is 152 Å². The zero-order valence-electron chi connectivity index (χ0n) is 14.9. The van der Waals surface area contributed by atoms with Gasteiger partial charge >= 0.3 is 0 Å². The molecular weight excluding hydrogens is 330 g/mol. The molecule has 0 bridgehead atoms. The lowest BCUT2D eigenvalue weighted by Crippen LogP contribution is -2.50. The number of piperazine rings is 1. The van der Waals surface area contributed by atoms with Crippen molar-refractivity contribution < 1.29 is 14.4 Å². The van der Waals surface area contributed by atoms with Crippen molar-refractivity contribution in [3.05, 3.63) is 42.5 Å². The van der Waals surface area contributed by atoms with Crippen LogP contribution in [0.3, 0.4) is 0 Å². The van der Waals surface area contributed by atoms with Crippen LogP contribution in [0.25, 0.3) is 10.8 Å². The number of rotatable bonds is 4. The smallest absolute Gasteiger partial charge is 0.224 e. The molecule has 26 heavy (non-hydrogen) atoms. The standard InChI is InChI=1S/C20H23N3O3/c1-15(24)22-10-12-23(13-11-22)20(26)9-8-19(25)21-18-7-6-16-4-2-3-5-17(16)14-18/h2-7,14H,8-13H2,1H3,(H,21,25). The van der Waals surface area contributed by atoms with Gasteiger partial charge in [0.05, 0.1) is 0 Å². The van der Waals surface area contributed by atoms with Gasteiger partial charge < -0.3 is 15.1 Å². The number of carbonyl (C=O) groups excluding carboxylic acids is 3. The third-order valence-electron chi connectivity index (χ3n) is 4.68. The average molecular weight is 353 g/mol. The van der Waals surface area contributed by atoms with Crippen LogP contribution in [0, 0.1) is 0 Å². The van der Waals surface area contributed by atoms with E-state index in [9.17, 15) is 14.4 Å². The first-order valence-corrected chi connectivity index (χ1v) is 8.85. The van der Waals surface area contributed by atoms with Crippen LogP contribution in [0.1, 0.15) is 19.8 Å². The number of anilines is 1. The number of nitrogens with one attached hydrogen (secondary N) is 1. The van der Waals surface area contributed by atoms with Crippen molar-refractivity contribution in [3.8, 4) is 0 Å². The summed E-state index contributed by atoms with van der Waals surface area (Å²) >= 11 is 0. The summed E-state index contributed by atoms with van der Waals surface area (Å²) in [7, 11) is 0. The molecular formula is C20H23N3O3. The number of nitrogens with zero attached hydrogens (tertiary/aromatic N) is 2. The van der Waals surface area contributed by atoms with E-state index in [-0.39, 0.29) is 30.6 Å². The normalized spacial score (nSPS) is 14.3. The molecule has 1 N–H and O–H groups in total. The lowest BCUT2D eigenvalue weighted by molar-refractivity contribution is -0.138. The van der Waals surface area contributed by atoms with Crippen molar-refractivity contribution in [1.82, 2.24) is 9.80 Å². The van der Waals surface area contributed by atoms with Gasteiger partial charge in [0.15, 0.2) is 0 Å². The Bertz CT molecular complexity index is 826. The number of carbonyl (C=O) groups is 3. The Morgan fingerprint density at radius 3 is 2.23 bits per heavy atom. The molecule has 1 heterocycles. The fourth-order valence-corrected chi connectivity index (χ4v) is 3.14. The molecule has 6 nitrogen and oxygen atoms in total. The summed E-state index contributed by atoms with van der Waals surface area (Å²) in [5.41, 5.74) is 0.733. The minimum atomic E-state index is -0.170. The summed E-state index contributed by atoms with van der Waals surface area (Å²) in [6, 6.07) is 13.7. The number of fused-ring (bicyclic) bond motifs is 1. The molecule has 0 saturated carbocycles. The second kappa shape index (κ2) is 7.99. The molecule has 0 radical (unpaired) electrons. The average Bonchev–Trinajstić information content (AvgIpc) is 2.66. The predicted molar refractivity (Wildman–Crippen MR) is 101 cm³/mol. The third-order valence-corrected chi connectivity index (χ3v) is 4.68. The molecule has 1 aliphatic rings. The summed E-state index contributed by atoms with van der Waals surface area (Å²) in [5.74, 6) is -0.176. The second-order valence-electron chi connectivity index (χ2n) is 6.50. The first-order chi connectivity index (χ1) is 12.5. The van der Waals surface area contributed by atoms with E-state index in [1.165, 1.54) is 6.92 Å². The van der Waals surface area contributed by atoms with Crippen molar-refractivity contribution in [2.75, 3.05) is 31.5 Å². The quantitative estimate of drug-likeness (QED) is 0.916. The van der Waals surface area contributed by atoms with E-state index in [0.29, 0.717) is 26.2 Å². The molecule has 3 rings (SSSR count). The number of benzene rings is 2. The van der Waals surface area contributed by atoms with Gasteiger partial charge in [0.25, 0.3) is 0 Å². The van der Waals surface area contributed by atoms with E-state index in [2.05, 4.69) is 5.32 Å². The van der Waals surface area contributed by atoms with Crippen LogP contribution in [0.15, 0.2) is 42.5 Å². The summed E-state index contributed by atoms with van der Waals surface area (Å²) < 4.78 is 0. The Balaban J connectivity index is 1.47. The van der Waals surface area contributed by atoms with Crippen molar-refractivity contribution >= 4 is 34.2 Å². The van der Waals surface area contributed by atoms with Crippen LogP contribution >= 0.6 is 0 Å². The van der Waals surface area contributed by atoms with E-state index in [1.54, 1.807) is 9.80 Å². The molecule has 6 heteroatoms. The minimum Gasteiger partial charge on any atom is -0.339 e. The minimum absolute atomic E-state index is 0.0341. The Morgan fingerprint density at radius 1 is 0.885 bits per heavy atom. The highest BCUT2D eigenvalue weighted by Gasteiger charge is 2.22. The van der Waals surface area contributed by atoms with E-state index in [4.69, 9.17) is 0 Å². The summed E-state index contributed by atoms with van der Waals surface area (Å²) in [6.07, 6.45) is 0.331. The van der Waals surface area contributed by atoms with Gasteiger partial charge in [-0.05, 0) is 22.9 Å². The van der Waals surface area contributed by atoms with Crippen LogP contribution in [-0.2, 0) is 14.4 Å². The Kier molecular flexibility index (Phi) is 5.51. The van der Waals surface area contributed by atoms with Crippen LogP contribution in [0.5, 0.6) is 0 Å². The van der Waals surface area contributed by atoms with Crippen molar-refractivity contribution in [2.24, 2.45) is 0 Å². The lowest BCUT2D eigenvalue weighted by Gasteiger charge is -2.34. The van der Waals surface area contributed by atoms with Crippen LogP contribution in [-0.4, -0.2) is 53.7 Å². The maximum atomic E-state index is 12.2. The first-order valence-electron chi connectivity index (χ1n) is 8.85. The molecule has 136 valence electrons. The van der Waals surface area contributed by atoms with Crippen molar-refractivity contribution in [3.63, 3.8) is 0 Å². The zero-order valence-corrected chi connectivity index (χ0v) is 14.9. The maximum absolute atomic E-state index is 12.2. The molecule has 2 aromatic carbocycles. The molecule has 0 atom stereocenters. The third kappa shape index (κ3) is 4.39. The molecule has 0 spiro atoms. The summed E-state index contributed by atoms with van der Waals surface area (Å²) in [6.45, 7) is 3.72. The molecule has 1 aliphatic heterocycles. The molecule has 3 amide bonds. The van der Waals surface area contributed by atoms with E-state index in [1.807, 2.05) is 42.5 Å². The topological polar surface area (TPSA) is 69.7 Å². The summed E-state index contributed by atoms with van der Waals surface area (Å²) in [5, 5.41) is 5.03. The Hall–Kier alpha value is -2.89. The van der Waals surface area contributed by atoms with Gasteiger partial charge in [0.2, 0.25) is 17.7 Å². The van der Waals surface area contributed by atoms with Gasteiger partial charge in [-0.15, -0.1) is 0 Å². The number of hydrogen-bond donors (Lipinski definition) is 1. The van der Waals surface area contributed by atoms with Crippen LogP contribution in [0.2, 0.25) is 0 Å². The number of amides is 3. The lowest BCUT2D eigenvalue weighted by atomic mass is 10.1. The number of hydrogen-bond acceptors (Lipinski definition) is 3. The van der Waals surface area contributed by atoms with E-state index in [0.717, 1.165) is 16.5 Å². The van der Waals surface area contributed by atoms with Gasteiger partial charge in [0.1, 0.15) is 0 Å².